The second-order valence-corrected chi connectivity index (χ2v) is 9.90. The molecule has 0 bridgehead atoms. The number of nitro groups is 1. The van der Waals surface area contributed by atoms with Crippen LogP contribution in [0.4, 0.5) is 35.9 Å². The van der Waals surface area contributed by atoms with Crippen LogP contribution in [0.3, 0.4) is 0 Å². The summed E-state index contributed by atoms with van der Waals surface area (Å²) in [7, 11) is 0. The third-order valence-electron chi connectivity index (χ3n) is 6.51. The Hall–Kier alpha value is -4.72. The SMILES string of the molecule is CCCOc1ccc(NC(=O)C[C@@H]2C(=O)N(c3ccccc3)C(=S)N2CCNc2ccc(C(F)(F)F)cc2[N+](=O)[O-])cc1. The Morgan fingerprint density at radius 3 is 2.42 bits per heavy atom. The lowest BCUT2D eigenvalue weighted by atomic mass is 10.1. The highest BCUT2D eigenvalue weighted by Gasteiger charge is 2.44. The van der Waals surface area contributed by atoms with E-state index in [-0.39, 0.29) is 30.3 Å². The van der Waals surface area contributed by atoms with Gasteiger partial charge >= 0.3 is 6.18 Å². The van der Waals surface area contributed by atoms with Gasteiger partial charge in [0.05, 0.1) is 29.2 Å². The minimum Gasteiger partial charge on any atom is -0.494 e. The highest BCUT2D eigenvalue weighted by atomic mass is 32.1. The van der Waals surface area contributed by atoms with Gasteiger partial charge < -0.3 is 20.3 Å². The van der Waals surface area contributed by atoms with E-state index in [2.05, 4.69) is 10.6 Å². The first-order valence-corrected chi connectivity index (χ1v) is 13.7. The minimum absolute atomic E-state index is 0.0213. The van der Waals surface area contributed by atoms with Crippen molar-refractivity contribution in [2.75, 3.05) is 35.2 Å². The number of ether oxygens (including phenoxy) is 1. The average Bonchev–Trinajstić information content (AvgIpc) is 3.20. The maximum Gasteiger partial charge on any atom is 0.416 e. The van der Waals surface area contributed by atoms with E-state index >= 15 is 0 Å². The Balaban J connectivity index is 1.50. The molecule has 4 rings (SSSR count). The predicted octanol–water partition coefficient (Wildman–Crippen LogP) is 5.85. The van der Waals surface area contributed by atoms with Gasteiger partial charge in [-0.2, -0.15) is 13.2 Å². The van der Waals surface area contributed by atoms with Crippen LogP contribution in [0.5, 0.6) is 5.75 Å². The quantitative estimate of drug-likeness (QED) is 0.148. The van der Waals surface area contributed by atoms with Crippen LogP contribution >= 0.6 is 12.2 Å². The molecule has 0 aliphatic carbocycles. The summed E-state index contributed by atoms with van der Waals surface area (Å²) in [4.78, 5) is 40.0. The number of hydrogen-bond donors (Lipinski definition) is 2. The smallest absolute Gasteiger partial charge is 0.416 e. The zero-order valence-electron chi connectivity index (χ0n) is 23.0. The number of carbonyl (C=O) groups excluding carboxylic acids is 2. The molecule has 1 atom stereocenters. The van der Waals surface area contributed by atoms with Crippen molar-refractivity contribution in [1.82, 2.24) is 4.90 Å². The van der Waals surface area contributed by atoms with Gasteiger partial charge in [-0.15, -0.1) is 0 Å². The number of rotatable bonds is 12. The van der Waals surface area contributed by atoms with Crippen molar-refractivity contribution in [2.45, 2.75) is 32.0 Å². The van der Waals surface area contributed by atoms with Crippen LogP contribution in [0.1, 0.15) is 25.3 Å². The number of nitrogens with zero attached hydrogens (tertiary/aromatic N) is 3. The maximum atomic E-state index is 13.6. The highest BCUT2D eigenvalue weighted by molar-refractivity contribution is 7.80. The molecule has 0 saturated carbocycles. The molecule has 0 aromatic heterocycles. The van der Waals surface area contributed by atoms with E-state index in [9.17, 15) is 32.9 Å². The van der Waals surface area contributed by atoms with Gasteiger partial charge in [-0.3, -0.25) is 24.6 Å². The molecule has 1 heterocycles. The van der Waals surface area contributed by atoms with Crippen molar-refractivity contribution >= 4 is 51.9 Å². The van der Waals surface area contributed by atoms with Gasteiger partial charge in [0, 0.05) is 24.8 Å². The number of halogens is 3. The highest BCUT2D eigenvalue weighted by Crippen LogP contribution is 2.35. The van der Waals surface area contributed by atoms with Crippen molar-refractivity contribution in [1.29, 1.82) is 0 Å². The fourth-order valence-electron chi connectivity index (χ4n) is 4.46. The van der Waals surface area contributed by atoms with Gasteiger partial charge in [0.1, 0.15) is 17.5 Å². The van der Waals surface area contributed by atoms with Gasteiger partial charge in [0.25, 0.3) is 11.6 Å². The molecule has 1 saturated heterocycles. The van der Waals surface area contributed by atoms with Crippen LogP contribution < -0.4 is 20.3 Å². The fraction of sp³-hybridized carbons (Fsp3) is 0.276. The molecule has 1 aliphatic heterocycles. The molecular formula is C29H28F3N5O5S. The number of nitrogens with one attached hydrogen (secondary N) is 2. The van der Waals surface area contributed by atoms with E-state index in [1.165, 1.54) is 9.80 Å². The topological polar surface area (TPSA) is 117 Å². The van der Waals surface area contributed by atoms with Gasteiger partial charge in [-0.25, -0.2) is 0 Å². The molecular weight excluding hydrogens is 587 g/mol. The van der Waals surface area contributed by atoms with E-state index < -0.39 is 40.2 Å². The van der Waals surface area contributed by atoms with Crippen LogP contribution in [0, 0.1) is 10.1 Å². The van der Waals surface area contributed by atoms with Gasteiger partial charge in [-0.05, 0) is 67.2 Å². The molecule has 1 fully saturated rings. The maximum absolute atomic E-state index is 13.6. The summed E-state index contributed by atoms with van der Waals surface area (Å²) in [6.45, 7) is 2.54. The van der Waals surface area contributed by atoms with Crippen LogP contribution in [0.15, 0.2) is 72.8 Å². The first-order valence-electron chi connectivity index (χ1n) is 13.3. The van der Waals surface area contributed by atoms with Crippen molar-refractivity contribution < 1.29 is 32.4 Å². The number of carbonyl (C=O) groups is 2. The number of hydrogen-bond acceptors (Lipinski definition) is 7. The molecule has 1 aliphatic rings. The van der Waals surface area contributed by atoms with Crippen molar-refractivity contribution in [3.63, 3.8) is 0 Å². The van der Waals surface area contributed by atoms with Crippen molar-refractivity contribution in [3.05, 3.63) is 88.5 Å². The number of anilines is 3. The minimum atomic E-state index is -4.75. The lowest BCUT2D eigenvalue weighted by Gasteiger charge is -2.24. The Kier molecular flexibility index (Phi) is 9.80. The van der Waals surface area contributed by atoms with E-state index in [1.54, 1.807) is 54.6 Å². The first-order chi connectivity index (χ1) is 20.5. The summed E-state index contributed by atoms with van der Waals surface area (Å²) in [5, 5.41) is 17.1. The lowest BCUT2D eigenvalue weighted by Crippen LogP contribution is -2.40. The third kappa shape index (κ3) is 7.57. The monoisotopic (exact) mass is 615 g/mol. The number of para-hydroxylation sites is 1. The molecule has 14 heteroatoms. The number of benzene rings is 3. The summed E-state index contributed by atoms with van der Waals surface area (Å²) in [5.74, 6) is -0.230. The normalized spacial score (nSPS) is 15.0. The Morgan fingerprint density at radius 1 is 1.09 bits per heavy atom. The van der Waals surface area contributed by atoms with Crippen LogP contribution in [-0.4, -0.2) is 52.5 Å². The van der Waals surface area contributed by atoms with Crippen molar-refractivity contribution in [2.24, 2.45) is 0 Å². The molecule has 2 N–H and O–H groups in total. The summed E-state index contributed by atoms with van der Waals surface area (Å²) < 4.78 is 44.8. The third-order valence-corrected chi connectivity index (χ3v) is 6.93. The average molecular weight is 616 g/mol. The molecule has 0 spiro atoms. The predicted molar refractivity (Wildman–Crippen MR) is 159 cm³/mol. The second-order valence-electron chi connectivity index (χ2n) is 9.54. The van der Waals surface area contributed by atoms with Gasteiger partial charge in [0.2, 0.25) is 5.91 Å². The number of nitro benzene ring substituents is 1. The number of alkyl halides is 3. The van der Waals surface area contributed by atoms with Crippen molar-refractivity contribution in [3.8, 4) is 5.75 Å². The number of thiocarbonyl (C=S) groups is 1. The number of amides is 2. The summed E-state index contributed by atoms with van der Waals surface area (Å²) in [5.41, 5.74) is -1.02. The molecule has 0 unspecified atom stereocenters. The van der Waals surface area contributed by atoms with Crippen LogP contribution in [-0.2, 0) is 15.8 Å². The van der Waals surface area contributed by atoms with Crippen LogP contribution in [0.2, 0.25) is 0 Å². The fourth-order valence-corrected chi connectivity index (χ4v) is 4.88. The Bertz CT molecular complexity index is 1490. The van der Waals surface area contributed by atoms with Gasteiger partial charge in [0.15, 0.2) is 5.11 Å². The molecule has 3 aromatic rings. The zero-order valence-corrected chi connectivity index (χ0v) is 23.8. The molecule has 43 heavy (non-hydrogen) atoms. The Labute approximate surface area is 250 Å². The van der Waals surface area contributed by atoms with E-state index in [1.807, 2.05) is 6.92 Å². The largest absolute Gasteiger partial charge is 0.494 e. The summed E-state index contributed by atoms with van der Waals surface area (Å²) >= 11 is 5.61. The summed E-state index contributed by atoms with van der Waals surface area (Å²) in [6.07, 6.45) is -4.15. The van der Waals surface area contributed by atoms with Crippen LogP contribution in [0.25, 0.3) is 0 Å². The van der Waals surface area contributed by atoms with Gasteiger partial charge in [-0.1, -0.05) is 25.1 Å². The zero-order chi connectivity index (χ0) is 31.1. The lowest BCUT2D eigenvalue weighted by molar-refractivity contribution is -0.384. The molecule has 2 amide bonds. The molecule has 226 valence electrons. The van der Waals surface area contributed by atoms with E-state index in [0.29, 0.717) is 29.8 Å². The van der Waals surface area contributed by atoms with E-state index in [4.69, 9.17) is 17.0 Å². The standard InChI is InChI=1S/C29H28F3N5O5S/c1-2-16-42-22-11-9-20(10-12-22)34-26(38)18-25-27(39)36(21-6-4-3-5-7-21)28(43)35(25)15-14-33-23-13-8-19(29(30,31)32)17-24(23)37(40)41/h3-13,17,25,33H,2,14-16,18H2,1H3,(H,34,38)/t25-/m1/s1. The molecule has 3 aromatic carbocycles. The first kappa shape index (κ1) is 31.2. The summed E-state index contributed by atoms with van der Waals surface area (Å²) in [6, 6.07) is 16.6. The second kappa shape index (κ2) is 13.5. The molecule has 0 radical (unpaired) electrons. The Morgan fingerprint density at radius 2 is 1.79 bits per heavy atom. The van der Waals surface area contributed by atoms with E-state index in [0.717, 1.165) is 18.6 Å². The molecule has 10 nitrogen and oxygen atoms in total.